The lowest BCUT2D eigenvalue weighted by Gasteiger charge is -2.11. The molecule has 0 atom stereocenters. The molecule has 0 fully saturated rings. The summed E-state index contributed by atoms with van der Waals surface area (Å²) in [7, 11) is 0. The van der Waals surface area contributed by atoms with Crippen LogP contribution in [0.25, 0.3) is 0 Å². The zero-order valence-electron chi connectivity index (χ0n) is 13.4. The van der Waals surface area contributed by atoms with Crippen molar-refractivity contribution in [1.82, 2.24) is 0 Å². The van der Waals surface area contributed by atoms with Crippen molar-refractivity contribution in [2.24, 2.45) is 5.92 Å². The fourth-order valence-corrected chi connectivity index (χ4v) is 2.03. The summed E-state index contributed by atoms with van der Waals surface area (Å²) in [5.74, 6) is -2.61. The number of carbonyl (C=O) groups is 3. The fraction of sp³-hybridized carbons (Fsp3) is 0.150. The van der Waals surface area contributed by atoms with Crippen LogP contribution in [-0.2, 0) is 4.79 Å². The third kappa shape index (κ3) is 5.15. The van der Waals surface area contributed by atoms with E-state index in [4.69, 9.17) is 0 Å². The quantitative estimate of drug-likeness (QED) is 0.473. The zero-order valence-corrected chi connectivity index (χ0v) is 13.4. The standard InChI is InChI=1S/C17H14O3.C3H6/c1-12(18)15(16(19)13-8-4-2-5-9-13)17(20)14-10-6-3-7-11-14;1-3-2/h2-11,15H,1H3;3H,1H2,2H3. The van der Waals surface area contributed by atoms with Crippen LogP contribution in [0.5, 0.6) is 0 Å². The monoisotopic (exact) mass is 308 g/mol. The van der Waals surface area contributed by atoms with Gasteiger partial charge in [0.1, 0.15) is 11.7 Å². The maximum Gasteiger partial charge on any atom is 0.181 e. The van der Waals surface area contributed by atoms with Crippen molar-refractivity contribution in [3.8, 4) is 0 Å². The highest BCUT2D eigenvalue weighted by molar-refractivity contribution is 6.27. The van der Waals surface area contributed by atoms with Crippen molar-refractivity contribution in [2.45, 2.75) is 13.8 Å². The summed E-state index contributed by atoms with van der Waals surface area (Å²) in [5, 5.41) is 0. The lowest BCUT2D eigenvalue weighted by molar-refractivity contribution is -0.118. The second-order valence-electron chi connectivity index (χ2n) is 4.91. The molecule has 0 bridgehead atoms. The number of allylic oxidation sites excluding steroid dienone is 1. The number of hydrogen-bond acceptors (Lipinski definition) is 3. The predicted octanol–water partition coefficient (Wildman–Crippen LogP) is 4.15. The minimum Gasteiger partial charge on any atom is -0.299 e. The first-order valence-corrected chi connectivity index (χ1v) is 7.29. The molecule has 0 aliphatic heterocycles. The summed E-state index contributed by atoms with van der Waals surface area (Å²) < 4.78 is 0. The van der Waals surface area contributed by atoms with Gasteiger partial charge in [0.15, 0.2) is 11.6 Å². The van der Waals surface area contributed by atoms with Crippen LogP contribution >= 0.6 is 0 Å². The summed E-state index contributed by atoms with van der Waals surface area (Å²) in [6, 6.07) is 16.8. The molecule has 0 heterocycles. The Labute approximate surface area is 136 Å². The summed E-state index contributed by atoms with van der Waals surface area (Å²) in [5.41, 5.74) is 0.744. The molecule has 118 valence electrons. The van der Waals surface area contributed by atoms with E-state index in [0.29, 0.717) is 11.1 Å². The van der Waals surface area contributed by atoms with Crippen molar-refractivity contribution < 1.29 is 14.4 Å². The van der Waals surface area contributed by atoms with E-state index in [9.17, 15) is 14.4 Å². The molecule has 0 unspecified atom stereocenters. The molecule has 0 spiro atoms. The summed E-state index contributed by atoms with van der Waals surface area (Å²) in [6.45, 7) is 6.52. The molecule has 0 N–H and O–H groups in total. The Bertz CT molecular complexity index is 621. The maximum atomic E-state index is 12.4. The van der Waals surface area contributed by atoms with Crippen LogP contribution in [0.2, 0.25) is 0 Å². The Morgan fingerprint density at radius 3 is 1.39 bits per heavy atom. The van der Waals surface area contributed by atoms with Gasteiger partial charge in [-0.1, -0.05) is 66.7 Å². The van der Waals surface area contributed by atoms with E-state index in [1.54, 1.807) is 66.7 Å². The van der Waals surface area contributed by atoms with Crippen LogP contribution < -0.4 is 0 Å². The van der Waals surface area contributed by atoms with Gasteiger partial charge >= 0.3 is 0 Å². The second-order valence-corrected chi connectivity index (χ2v) is 4.91. The Kier molecular flexibility index (Phi) is 7.34. The first-order chi connectivity index (χ1) is 11.0. The zero-order chi connectivity index (χ0) is 17.2. The largest absolute Gasteiger partial charge is 0.299 e. The van der Waals surface area contributed by atoms with E-state index in [1.165, 1.54) is 6.92 Å². The lowest BCUT2D eigenvalue weighted by Crippen LogP contribution is -2.30. The van der Waals surface area contributed by atoms with E-state index >= 15 is 0 Å². The molecule has 0 saturated heterocycles. The van der Waals surface area contributed by atoms with Crippen molar-refractivity contribution in [3.63, 3.8) is 0 Å². The molecule has 0 aliphatic carbocycles. The van der Waals surface area contributed by atoms with Crippen LogP contribution in [0.15, 0.2) is 73.3 Å². The van der Waals surface area contributed by atoms with E-state index in [0.717, 1.165) is 0 Å². The molecule has 23 heavy (non-hydrogen) atoms. The van der Waals surface area contributed by atoms with Gasteiger partial charge in [0.2, 0.25) is 0 Å². The van der Waals surface area contributed by atoms with E-state index in [-0.39, 0.29) is 0 Å². The third-order valence-corrected chi connectivity index (χ3v) is 3.05. The molecular formula is C20H20O3. The second kappa shape index (κ2) is 9.26. The van der Waals surface area contributed by atoms with E-state index < -0.39 is 23.3 Å². The first-order valence-electron chi connectivity index (χ1n) is 7.29. The van der Waals surface area contributed by atoms with Crippen molar-refractivity contribution in [2.75, 3.05) is 0 Å². The number of hydrogen-bond donors (Lipinski definition) is 0. The van der Waals surface area contributed by atoms with Crippen molar-refractivity contribution >= 4 is 17.3 Å². The van der Waals surface area contributed by atoms with Crippen molar-refractivity contribution in [3.05, 3.63) is 84.4 Å². The average Bonchev–Trinajstić information content (AvgIpc) is 2.57. The van der Waals surface area contributed by atoms with Crippen LogP contribution in [-0.4, -0.2) is 17.3 Å². The van der Waals surface area contributed by atoms with Crippen LogP contribution in [0.1, 0.15) is 34.6 Å². The molecular weight excluding hydrogens is 288 g/mol. The van der Waals surface area contributed by atoms with Gasteiger partial charge in [0.05, 0.1) is 0 Å². The molecule has 0 saturated carbocycles. The molecule has 2 aromatic carbocycles. The summed E-state index contributed by atoms with van der Waals surface area (Å²) in [4.78, 5) is 36.5. The number of rotatable bonds is 5. The number of carbonyl (C=O) groups excluding carboxylic acids is 3. The first kappa shape index (κ1) is 18.2. The molecule has 2 rings (SSSR count). The predicted molar refractivity (Wildman–Crippen MR) is 91.6 cm³/mol. The molecule has 2 aromatic rings. The Morgan fingerprint density at radius 2 is 1.13 bits per heavy atom. The molecule has 0 radical (unpaired) electrons. The number of ketones is 3. The molecule has 3 heteroatoms. The minimum atomic E-state index is -1.26. The Morgan fingerprint density at radius 1 is 0.826 bits per heavy atom. The van der Waals surface area contributed by atoms with Gasteiger partial charge in [-0.3, -0.25) is 14.4 Å². The van der Waals surface area contributed by atoms with Gasteiger partial charge in [0, 0.05) is 11.1 Å². The maximum absolute atomic E-state index is 12.4. The third-order valence-electron chi connectivity index (χ3n) is 3.05. The van der Waals surface area contributed by atoms with Crippen molar-refractivity contribution in [1.29, 1.82) is 0 Å². The van der Waals surface area contributed by atoms with Crippen LogP contribution in [0, 0.1) is 5.92 Å². The Balaban J connectivity index is 0.000000816. The summed E-state index contributed by atoms with van der Waals surface area (Å²) >= 11 is 0. The lowest BCUT2D eigenvalue weighted by atomic mass is 9.87. The summed E-state index contributed by atoms with van der Waals surface area (Å²) in [6.07, 6.45) is 1.75. The van der Waals surface area contributed by atoms with Gasteiger partial charge in [-0.05, 0) is 13.8 Å². The van der Waals surface area contributed by atoms with Gasteiger partial charge in [-0.15, -0.1) is 6.58 Å². The highest BCUT2D eigenvalue weighted by Crippen LogP contribution is 2.16. The normalized spacial score (nSPS) is 9.52. The minimum absolute atomic E-state index is 0.372. The van der Waals surface area contributed by atoms with Crippen LogP contribution in [0.4, 0.5) is 0 Å². The topological polar surface area (TPSA) is 51.2 Å². The van der Waals surface area contributed by atoms with Crippen LogP contribution in [0.3, 0.4) is 0 Å². The Hall–Kier alpha value is -2.81. The van der Waals surface area contributed by atoms with Gasteiger partial charge in [-0.2, -0.15) is 0 Å². The molecule has 3 nitrogen and oxygen atoms in total. The SMILES string of the molecule is C=CC.CC(=O)C(C(=O)c1ccccc1)C(=O)c1ccccc1. The highest BCUT2D eigenvalue weighted by Gasteiger charge is 2.32. The van der Waals surface area contributed by atoms with E-state index in [2.05, 4.69) is 6.58 Å². The average molecular weight is 308 g/mol. The molecule has 0 amide bonds. The molecule has 0 aromatic heterocycles. The highest BCUT2D eigenvalue weighted by atomic mass is 16.2. The number of Topliss-reactive ketones (excluding diaryl/α,β-unsaturated/α-hetero) is 3. The van der Waals surface area contributed by atoms with Gasteiger partial charge < -0.3 is 0 Å². The van der Waals surface area contributed by atoms with Gasteiger partial charge in [-0.25, -0.2) is 0 Å². The number of benzene rings is 2. The van der Waals surface area contributed by atoms with E-state index in [1.807, 2.05) is 6.92 Å². The fourth-order valence-electron chi connectivity index (χ4n) is 2.03. The smallest absolute Gasteiger partial charge is 0.181 e. The van der Waals surface area contributed by atoms with Gasteiger partial charge in [0.25, 0.3) is 0 Å². The molecule has 0 aliphatic rings.